The number of nitriles is 1. The lowest BCUT2D eigenvalue weighted by Gasteiger charge is -2.06. The number of sulfonamides is 1. The summed E-state index contributed by atoms with van der Waals surface area (Å²) in [7, 11) is -3.72. The second-order valence-electron chi connectivity index (χ2n) is 6.42. The first-order chi connectivity index (χ1) is 14.4. The quantitative estimate of drug-likeness (QED) is 0.422. The summed E-state index contributed by atoms with van der Waals surface area (Å²) in [6.07, 6.45) is 0.0753. The normalized spacial score (nSPS) is 11.1. The van der Waals surface area contributed by atoms with E-state index < -0.39 is 16.0 Å². The van der Waals surface area contributed by atoms with Gasteiger partial charge in [0.15, 0.2) is 0 Å². The number of nitrogens with one attached hydrogen (secondary N) is 1. The molecule has 0 unspecified atom stereocenters. The van der Waals surface area contributed by atoms with Crippen LogP contribution in [0.15, 0.2) is 58.8 Å². The fraction of sp³-hybridized carbons (Fsp3) is 0.190. The predicted molar refractivity (Wildman–Crippen MR) is 113 cm³/mol. The number of carbonyl (C=O) groups excluding carboxylic acids is 1. The first-order valence-electron chi connectivity index (χ1n) is 9.04. The van der Waals surface area contributed by atoms with Gasteiger partial charge in [0.05, 0.1) is 22.2 Å². The van der Waals surface area contributed by atoms with Crippen LogP contribution in [0.4, 0.5) is 0 Å². The van der Waals surface area contributed by atoms with Gasteiger partial charge in [0.2, 0.25) is 10.0 Å². The van der Waals surface area contributed by atoms with Crippen molar-refractivity contribution in [2.75, 3.05) is 6.54 Å². The summed E-state index contributed by atoms with van der Waals surface area (Å²) >= 11 is 1.47. The maximum atomic E-state index is 12.3. The Hall–Kier alpha value is -3.06. The number of aromatic nitrogens is 1. The topological polar surface area (TPSA) is 109 Å². The minimum absolute atomic E-state index is 0.0132. The van der Waals surface area contributed by atoms with Crippen molar-refractivity contribution in [3.05, 3.63) is 70.7 Å². The number of carbonyl (C=O) groups is 1. The van der Waals surface area contributed by atoms with Crippen molar-refractivity contribution in [2.24, 2.45) is 0 Å². The molecule has 0 radical (unpaired) electrons. The number of esters is 1. The Balaban J connectivity index is 1.59. The third-order valence-electron chi connectivity index (χ3n) is 4.13. The molecular weight excluding hydrogens is 422 g/mol. The summed E-state index contributed by atoms with van der Waals surface area (Å²) in [5, 5.41) is 11.2. The highest BCUT2D eigenvalue weighted by Crippen LogP contribution is 2.24. The van der Waals surface area contributed by atoms with Crippen molar-refractivity contribution in [1.82, 2.24) is 9.71 Å². The summed E-state index contributed by atoms with van der Waals surface area (Å²) in [5.41, 5.74) is 3.05. The maximum absolute atomic E-state index is 12.3. The molecule has 1 N–H and O–H groups in total. The average molecular weight is 442 g/mol. The van der Waals surface area contributed by atoms with Crippen molar-refractivity contribution in [3.8, 4) is 16.6 Å². The van der Waals surface area contributed by atoms with Crippen molar-refractivity contribution < 1.29 is 17.9 Å². The zero-order valence-electron chi connectivity index (χ0n) is 16.2. The van der Waals surface area contributed by atoms with E-state index in [1.54, 1.807) is 0 Å². The van der Waals surface area contributed by atoms with Gasteiger partial charge < -0.3 is 4.74 Å². The molecule has 2 aromatic carbocycles. The Morgan fingerprint density at radius 3 is 2.53 bits per heavy atom. The fourth-order valence-electron chi connectivity index (χ4n) is 2.52. The zero-order valence-corrected chi connectivity index (χ0v) is 17.8. The van der Waals surface area contributed by atoms with Gasteiger partial charge in [0.25, 0.3) is 0 Å². The molecule has 154 valence electrons. The van der Waals surface area contributed by atoms with E-state index in [9.17, 15) is 13.2 Å². The molecule has 3 rings (SSSR count). The van der Waals surface area contributed by atoms with Gasteiger partial charge in [-0.15, -0.1) is 11.3 Å². The lowest BCUT2D eigenvalue weighted by atomic mass is 10.2. The Bertz CT molecular complexity index is 1160. The van der Waals surface area contributed by atoms with Crippen LogP contribution in [0.2, 0.25) is 0 Å². The molecule has 0 spiro atoms. The van der Waals surface area contributed by atoms with E-state index in [1.165, 1.54) is 41.2 Å². The van der Waals surface area contributed by atoms with Gasteiger partial charge >= 0.3 is 5.97 Å². The van der Waals surface area contributed by atoms with E-state index in [0.29, 0.717) is 5.69 Å². The van der Waals surface area contributed by atoms with Crippen LogP contribution in [0.3, 0.4) is 0 Å². The van der Waals surface area contributed by atoms with Gasteiger partial charge in [-0.3, -0.25) is 0 Å². The van der Waals surface area contributed by atoms with Crippen LogP contribution in [0.1, 0.15) is 28.0 Å². The van der Waals surface area contributed by atoms with E-state index in [1.807, 2.05) is 42.6 Å². The van der Waals surface area contributed by atoms with Crippen LogP contribution in [0.25, 0.3) is 10.6 Å². The van der Waals surface area contributed by atoms with E-state index in [4.69, 9.17) is 10.00 Å². The van der Waals surface area contributed by atoms with E-state index in [0.717, 1.165) is 10.6 Å². The van der Waals surface area contributed by atoms with Gasteiger partial charge in [-0.2, -0.15) is 5.26 Å². The summed E-state index contributed by atoms with van der Waals surface area (Å²) in [6, 6.07) is 15.3. The Morgan fingerprint density at radius 1 is 1.17 bits per heavy atom. The number of hydrogen-bond donors (Lipinski definition) is 1. The molecule has 0 amide bonds. The molecule has 1 heterocycles. The number of benzene rings is 2. The van der Waals surface area contributed by atoms with Crippen molar-refractivity contribution in [1.29, 1.82) is 5.26 Å². The number of ether oxygens (including phenoxy) is 1. The molecule has 0 aliphatic rings. The van der Waals surface area contributed by atoms with Gasteiger partial charge in [0.1, 0.15) is 11.6 Å². The van der Waals surface area contributed by atoms with Crippen LogP contribution >= 0.6 is 11.3 Å². The number of nitrogens with zero attached hydrogens (tertiary/aromatic N) is 2. The van der Waals surface area contributed by atoms with Crippen LogP contribution in [-0.4, -0.2) is 25.9 Å². The lowest BCUT2D eigenvalue weighted by molar-refractivity contribution is 0.0468. The number of thiazole rings is 1. The molecule has 3 aromatic rings. The highest BCUT2D eigenvalue weighted by Gasteiger charge is 2.15. The molecule has 0 fully saturated rings. The minimum Gasteiger partial charge on any atom is -0.456 e. The molecule has 0 aliphatic carbocycles. The first-order valence-corrected chi connectivity index (χ1v) is 11.4. The highest BCUT2D eigenvalue weighted by atomic mass is 32.2. The molecule has 30 heavy (non-hydrogen) atoms. The SMILES string of the molecule is Cc1ccc(-c2nc(COC(=O)c3ccc(S(=O)(=O)NCCC#N)cc3)cs2)cc1. The lowest BCUT2D eigenvalue weighted by Crippen LogP contribution is -2.24. The minimum atomic E-state index is -3.72. The molecule has 7 nitrogen and oxygen atoms in total. The highest BCUT2D eigenvalue weighted by molar-refractivity contribution is 7.89. The van der Waals surface area contributed by atoms with Crippen LogP contribution in [0, 0.1) is 18.3 Å². The van der Waals surface area contributed by atoms with Crippen molar-refractivity contribution >= 4 is 27.3 Å². The molecule has 0 aliphatic heterocycles. The molecule has 1 aromatic heterocycles. The summed E-state index contributed by atoms with van der Waals surface area (Å²) in [5.74, 6) is -0.568. The molecule has 0 bridgehead atoms. The fourth-order valence-corrected chi connectivity index (χ4v) is 4.36. The standard InChI is InChI=1S/C21H19N3O4S2/c1-15-3-5-16(6-4-15)20-24-18(14-29-20)13-28-21(25)17-7-9-19(10-8-17)30(26,27)23-12-2-11-22/h3-10,14,23H,2,12-13H2,1H3. The van der Waals surface area contributed by atoms with Crippen LogP contribution < -0.4 is 4.72 Å². The van der Waals surface area contributed by atoms with E-state index >= 15 is 0 Å². The summed E-state index contributed by atoms with van der Waals surface area (Å²) in [6.45, 7) is 2.07. The van der Waals surface area contributed by atoms with Gasteiger partial charge in [-0.25, -0.2) is 22.9 Å². The number of hydrogen-bond acceptors (Lipinski definition) is 7. The monoisotopic (exact) mass is 441 g/mol. The Labute approximate surface area is 179 Å². The Kier molecular flexibility index (Phi) is 6.95. The van der Waals surface area contributed by atoms with Gasteiger partial charge in [0, 0.05) is 23.9 Å². The molecule has 9 heteroatoms. The molecular formula is C21H19N3O4S2. The molecule has 0 saturated heterocycles. The van der Waals surface area contributed by atoms with Gasteiger partial charge in [-0.1, -0.05) is 29.8 Å². The van der Waals surface area contributed by atoms with E-state index in [-0.39, 0.29) is 30.0 Å². The Morgan fingerprint density at radius 2 is 1.87 bits per heavy atom. The molecule has 0 saturated carbocycles. The smallest absolute Gasteiger partial charge is 0.338 e. The van der Waals surface area contributed by atoms with Crippen molar-refractivity contribution in [3.63, 3.8) is 0 Å². The van der Waals surface area contributed by atoms with E-state index in [2.05, 4.69) is 9.71 Å². The van der Waals surface area contributed by atoms with Gasteiger partial charge in [-0.05, 0) is 31.2 Å². The first kappa shape index (κ1) is 21.6. The summed E-state index contributed by atoms with van der Waals surface area (Å²) in [4.78, 5) is 16.8. The zero-order chi connectivity index (χ0) is 21.6. The third-order valence-corrected chi connectivity index (χ3v) is 6.55. The largest absolute Gasteiger partial charge is 0.456 e. The number of rotatable bonds is 8. The van der Waals surface area contributed by atoms with Crippen LogP contribution in [0.5, 0.6) is 0 Å². The number of aryl methyl sites for hydroxylation is 1. The molecule has 0 atom stereocenters. The third kappa shape index (κ3) is 5.51. The van der Waals surface area contributed by atoms with Crippen molar-refractivity contribution in [2.45, 2.75) is 24.8 Å². The van der Waals surface area contributed by atoms with Crippen LogP contribution in [-0.2, 0) is 21.4 Å². The predicted octanol–water partition coefficient (Wildman–Crippen LogP) is 3.67. The average Bonchev–Trinajstić information content (AvgIpc) is 3.22. The maximum Gasteiger partial charge on any atom is 0.338 e. The second-order valence-corrected chi connectivity index (χ2v) is 9.04. The summed E-state index contributed by atoms with van der Waals surface area (Å²) < 4.78 is 31.8. The second kappa shape index (κ2) is 9.63.